The lowest BCUT2D eigenvalue weighted by molar-refractivity contribution is -0.137. The molecule has 0 fully saturated rings. The predicted molar refractivity (Wildman–Crippen MR) is 371 cm³/mol. The summed E-state index contributed by atoms with van der Waals surface area (Å²) in [5.74, 6) is 0. The van der Waals surface area contributed by atoms with Gasteiger partial charge in [0.15, 0.2) is 45.5 Å². The zero-order chi connectivity index (χ0) is 70.4. The van der Waals surface area contributed by atoms with E-state index in [1.54, 1.807) is 109 Å². The first-order valence-corrected chi connectivity index (χ1v) is 29.4. The van der Waals surface area contributed by atoms with Crippen LogP contribution in [-0.4, -0.2) is 9.13 Å². The molecule has 0 aliphatic rings. The number of fused-ring (bicyclic) bond motifs is 6. The molecule has 0 N–H and O–H groups in total. The minimum atomic E-state index is -4.82. The Morgan fingerprint density at radius 2 is 0.660 bits per heavy atom. The number of hydrogen-bond acceptors (Lipinski definition) is 6. The third-order valence-corrected chi connectivity index (χ3v) is 17.2. The maximum absolute atomic E-state index is 14.4. The molecule has 16 nitrogen and oxygen atoms in total. The van der Waals surface area contributed by atoms with Gasteiger partial charge in [0, 0.05) is 66.1 Å². The number of rotatable bonds is 8. The van der Waals surface area contributed by atoms with Gasteiger partial charge in [-0.3, -0.25) is 0 Å². The molecule has 0 unspecified atom stereocenters. The number of aromatic nitrogens is 2. The summed E-state index contributed by atoms with van der Waals surface area (Å²) in [6, 6.07) is 57.5. The number of hydrogen-bond donors (Lipinski definition) is 0. The van der Waals surface area contributed by atoms with E-state index in [9.17, 15) is 44.7 Å². The Labute approximate surface area is 567 Å². The first-order chi connectivity index (χ1) is 48.5. The Morgan fingerprint density at radius 1 is 0.290 bits per heavy atom. The lowest BCUT2D eigenvalue weighted by atomic mass is 9.93. The van der Waals surface area contributed by atoms with E-state index < -0.39 is 11.7 Å². The average molecular weight is 1280 g/mol. The van der Waals surface area contributed by atoms with Gasteiger partial charge in [-0.05, 0) is 166 Å². The minimum Gasteiger partial charge on any atom is -0.309 e. The summed E-state index contributed by atoms with van der Waals surface area (Å²) < 4.78 is 47.1. The Bertz CT molecular complexity index is 6150. The predicted octanol–water partition coefficient (Wildman–Crippen LogP) is 22.5. The van der Waals surface area contributed by atoms with Gasteiger partial charge in [-0.2, -0.15) is 44.7 Å². The van der Waals surface area contributed by atoms with Crippen molar-refractivity contribution in [3.05, 3.63) is 306 Å². The molecule has 13 rings (SSSR count). The van der Waals surface area contributed by atoms with Crippen LogP contribution in [-0.2, 0) is 6.18 Å². The molecular formula is C81H29F3N16. The zero-order valence-electron chi connectivity index (χ0n) is 51.0. The summed E-state index contributed by atoms with van der Waals surface area (Å²) in [7, 11) is 0. The zero-order valence-corrected chi connectivity index (χ0v) is 51.0. The molecule has 2 heterocycles. The highest BCUT2D eigenvalue weighted by atomic mass is 19.4. The highest BCUT2D eigenvalue weighted by molar-refractivity contribution is 6.15. The van der Waals surface area contributed by atoms with Crippen LogP contribution in [0.2, 0.25) is 0 Å². The Hall–Kier alpha value is -16.3. The average Bonchev–Trinajstić information content (AvgIpc) is 1.60. The van der Waals surface area contributed by atoms with Crippen molar-refractivity contribution in [1.29, 1.82) is 31.6 Å². The minimum absolute atomic E-state index is 0.0143. The second-order valence-electron chi connectivity index (χ2n) is 22.4. The smallest absolute Gasteiger partial charge is 0.309 e. The molecule has 19 heteroatoms. The van der Waals surface area contributed by atoms with Crippen LogP contribution in [0.1, 0.15) is 38.9 Å². The highest BCUT2D eigenvalue weighted by Crippen LogP contribution is 2.50. The monoisotopic (exact) mass is 1280 g/mol. The van der Waals surface area contributed by atoms with Gasteiger partial charge in [0.2, 0.25) is 0 Å². The van der Waals surface area contributed by atoms with Crippen molar-refractivity contribution in [2.45, 2.75) is 6.18 Å². The molecule has 0 aliphatic heterocycles. The van der Waals surface area contributed by atoms with Gasteiger partial charge in [0.25, 0.3) is 0 Å². The SMILES string of the molecule is [C-]#[N+]c1cc(C#N)c(-c2ccc3c(c2)c2cc(-c4c(C#N)cc([N+]#[C-])cc4[N+]#[C-])ccc2n3-c2ccc(-c3ccc(C(F)(F)F)cc3[N+]#[C-])cc2-c2cc([N+]#[C-])ccc2-n2c3ccc(-c4c(C#N)cc(C#N)cc4[N+]#[C-])cc3c3cc(-c4c([N+]#[C-])cc(C#N)cc4[N+]#[C-])ccc32)c(C#N)c1. The first-order valence-electron chi connectivity index (χ1n) is 29.4. The van der Waals surface area contributed by atoms with E-state index in [0.29, 0.717) is 88.4 Å². The van der Waals surface area contributed by atoms with Gasteiger partial charge in [-0.25, -0.2) is 38.8 Å². The molecule has 0 aliphatic carbocycles. The van der Waals surface area contributed by atoms with E-state index >= 15 is 0 Å². The van der Waals surface area contributed by atoms with Crippen LogP contribution >= 0.6 is 0 Å². The van der Waals surface area contributed by atoms with Crippen LogP contribution in [0.4, 0.5) is 58.7 Å². The van der Waals surface area contributed by atoms with E-state index in [4.69, 9.17) is 52.6 Å². The van der Waals surface area contributed by atoms with Gasteiger partial charge < -0.3 is 9.13 Å². The number of nitrogens with zero attached hydrogens (tertiary/aromatic N) is 16. The van der Waals surface area contributed by atoms with Crippen LogP contribution in [0, 0.1) is 121 Å². The summed E-state index contributed by atoms with van der Waals surface area (Å²) in [6.07, 6.45) is -4.82. The molecule has 0 saturated carbocycles. The Morgan fingerprint density at radius 3 is 1.09 bits per heavy atom. The second-order valence-corrected chi connectivity index (χ2v) is 22.4. The van der Waals surface area contributed by atoms with Gasteiger partial charge in [-0.1, -0.05) is 54.6 Å². The molecule has 0 saturated heterocycles. The van der Waals surface area contributed by atoms with E-state index in [1.165, 1.54) is 54.6 Å². The molecule has 0 spiro atoms. The van der Waals surface area contributed by atoms with Gasteiger partial charge in [0.1, 0.15) is 0 Å². The fourth-order valence-corrected chi connectivity index (χ4v) is 13.0. The number of halogens is 3. The molecule has 0 radical (unpaired) electrons. The molecule has 454 valence electrons. The van der Waals surface area contributed by atoms with E-state index in [-0.39, 0.29) is 112 Å². The number of alkyl halides is 3. The third-order valence-electron chi connectivity index (χ3n) is 17.2. The van der Waals surface area contributed by atoms with E-state index in [2.05, 4.69) is 63.0 Å². The molecule has 0 amide bonds. The maximum atomic E-state index is 14.4. The van der Waals surface area contributed by atoms with Crippen molar-refractivity contribution in [1.82, 2.24) is 9.13 Å². The van der Waals surface area contributed by atoms with Gasteiger partial charge >= 0.3 is 6.18 Å². The molecule has 13 aromatic rings. The van der Waals surface area contributed by atoms with Gasteiger partial charge in [0.05, 0.1) is 139 Å². The van der Waals surface area contributed by atoms with Gasteiger partial charge in [-0.15, -0.1) is 0 Å². The molecule has 0 atom stereocenters. The summed E-state index contributed by atoms with van der Waals surface area (Å²) in [6.45, 7) is 65.1. The summed E-state index contributed by atoms with van der Waals surface area (Å²) >= 11 is 0. The summed E-state index contributed by atoms with van der Waals surface area (Å²) in [4.78, 5) is 29.4. The topological polar surface area (TPSA) is 187 Å². The van der Waals surface area contributed by atoms with Crippen molar-refractivity contribution >= 4 is 89.1 Å². The van der Waals surface area contributed by atoms with Crippen molar-refractivity contribution in [3.63, 3.8) is 0 Å². The molecule has 100 heavy (non-hydrogen) atoms. The quantitative estimate of drug-likeness (QED) is 0.136. The number of nitriles is 6. The van der Waals surface area contributed by atoms with Crippen LogP contribution < -0.4 is 0 Å². The fourth-order valence-electron chi connectivity index (χ4n) is 13.0. The van der Waals surface area contributed by atoms with Crippen LogP contribution in [0.15, 0.2) is 176 Å². The van der Waals surface area contributed by atoms with Crippen LogP contribution in [0.5, 0.6) is 0 Å². The van der Waals surface area contributed by atoms with Crippen molar-refractivity contribution in [2.75, 3.05) is 0 Å². The standard InChI is InChI=1S/C81H29F3N16/c1-91-56-15-22-76(100-74-19-11-48(78-51(40-87)23-44(38-85)24-67(78)95-5)32-63(74)64-34-50(13-21-75(64)100)80-68(96-6)25-45(39-86)26-69(80)97-7)65(36-56)60-30-46(59-16-14-55(81(82,83)84)35-66(59)94-4)9-17-71(60)99-72-18-10-47(77-52(41-88)27-57(92-2)28-53(77)42-89)31-61(72)62-33-49(12-20-73(62)99)79-54(43-90)29-58(93-3)37-70(79)98-8/h9-37H. The van der Waals surface area contributed by atoms with Crippen LogP contribution in [0.25, 0.3) is 161 Å². The highest BCUT2D eigenvalue weighted by Gasteiger charge is 2.32. The van der Waals surface area contributed by atoms with E-state index in [1.807, 2.05) is 21.3 Å². The lowest BCUT2D eigenvalue weighted by Crippen LogP contribution is -2.04. The lowest BCUT2D eigenvalue weighted by Gasteiger charge is -2.21. The summed E-state index contributed by atoms with van der Waals surface area (Å²) in [5, 5.41) is 64.1. The Balaban J connectivity index is 1.17. The van der Waals surface area contributed by atoms with Crippen LogP contribution in [0.3, 0.4) is 0 Å². The summed E-state index contributed by atoms with van der Waals surface area (Å²) in [5.41, 5.74) is 5.49. The third kappa shape index (κ3) is 10.2. The Kier molecular flexibility index (Phi) is 15.4. The normalized spacial score (nSPS) is 10.6. The second kappa shape index (κ2) is 24.6. The maximum Gasteiger partial charge on any atom is 0.415 e. The van der Waals surface area contributed by atoms with Crippen molar-refractivity contribution in [2.24, 2.45) is 0 Å². The molecular weight excluding hydrogens is 1250 g/mol. The first kappa shape index (κ1) is 62.5. The van der Waals surface area contributed by atoms with E-state index in [0.717, 1.165) is 12.1 Å². The largest absolute Gasteiger partial charge is 0.415 e. The molecule has 2 aromatic heterocycles. The van der Waals surface area contributed by atoms with Crippen molar-refractivity contribution in [3.8, 4) is 115 Å². The van der Waals surface area contributed by atoms with Crippen molar-refractivity contribution < 1.29 is 13.2 Å². The molecule has 0 bridgehead atoms. The fraction of sp³-hybridized carbons (Fsp3) is 0.0123. The number of benzene rings is 11. The molecule has 11 aromatic carbocycles.